The molecule has 2 aliphatic heterocycles. The van der Waals surface area contributed by atoms with E-state index in [4.69, 9.17) is 27.9 Å². The molecule has 49 heavy (non-hydrogen) atoms. The third kappa shape index (κ3) is 8.37. The fourth-order valence-corrected chi connectivity index (χ4v) is 8.19. The lowest BCUT2D eigenvalue weighted by molar-refractivity contribution is -0.147. The lowest BCUT2D eigenvalue weighted by atomic mass is 10.0. The summed E-state index contributed by atoms with van der Waals surface area (Å²) in [5.74, 6) is -1.99. The van der Waals surface area contributed by atoms with Gasteiger partial charge in [0.15, 0.2) is 0 Å². The van der Waals surface area contributed by atoms with E-state index in [1.54, 1.807) is 31.2 Å². The number of carbonyl (C=O) groups excluding carboxylic acids is 3. The summed E-state index contributed by atoms with van der Waals surface area (Å²) in [4.78, 5) is 45.3. The number of sulfonamides is 1. The highest BCUT2D eigenvalue weighted by molar-refractivity contribution is 7.89. The van der Waals surface area contributed by atoms with Crippen LogP contribution >= 0.6 is 23.2 Å². The molecule has 12 nitrogen and oxygen atoms in total. The number of nitrogens with zero attached hydrogens (tertiary/aromatic N) is 4. The molecular formula is C33H33Cl2FN6O6S. The molecule has 2 saturated heterocycles. The first-order chi connectivity index (χ1) is 23.4. The number of likely N-dealkylation sites (tertiary alicyclic amines) is 1. The molecule has 2 amide bonds. The van der Waals surface area contributed by atoms with Crippen molar-refractivity contribution in [2.24, 2.45) is 0 Å². The molecule has 2 aromatic carbocycles. The molecule has 0 radical (unpaired) electrons. The van der Waals surface area contributed by atoms with E-state index in [1.807, 2.05) is 11.0 Å². The quantitative estimate of drug-likeness (QED) is 0.278. The van der Waals surface area contributed by atoms with Crippen LogP contribution in [-0.4, -0.2) is 90.9 Å². The van der Waals surface area contributed by atoms with Gasteiger partial charge in [-0.05, 0) is 55.7 Å². The molecule has 0 unspecified atom stereocenters. The molecule has 0 saturated carbocycles. The standard InChI is InChI=1S/C33H33Cl2FN6O6S/c1-2-48-33(45)28(13-20-6-8-23(9-7-20)39-32(44)30-26(34)16-38-17-27(30)35)40-31(43)29-14-24(41-11-10-22(36)18-41)19-42(29)49(46,47)25-5-3-4-21(12-25)15-37/h3-9,12,16-17,22,24,28-29H,2,10-11,13-14,18-19H2,1H3,(H,39,44)(H,40,43)/t22-,24+,28-,29-/m0/s1. The van der Waals surface area contributed by atoms with Crippen LogP contribution in [0.5, 0.6) is 0 Å². The Morgan fingerprint density at radius 1 is 1.12 bits per heavy atom. The number of amides is 2. The summed E-state index contributed by atoms with van der Waals surface area (Å²) >= 11 is 12.2. The zero-order valence-corrected chi connectivity index (χ0v) is 28.6. The van der Waals surface area contributed by atoms with Crippen LogP contribution in [0.15, 0.2) is 65.8 Å². The largest absolute Gasteiger partial charge is 0.464 e. The molecule has 0 aliphatic carbocycles. The zero-order chi connectivity index (χ0) is 35.3. The molecular weight excluding hydrogens is 698 g/mol. The summed E-state index contributed by atoms with van der Waals surface area (Å²) in [5.41, 5.74) is 1.20. The SMILES string of the molecule is CCOC(=O)[C@H](Cc1ccc(NC(=O)c2c(Cl)cncc2Cl)cc1)NC(=O)[C@@H]1C[C@@H](N2CC[C@H](F)C2)CN1S(=O)(=O)c1cccc(C#N)c1. The minimum absolute atomic E-state index is 0.0103. The van der Waals surface area contributed by atoms with Gasteiger partial charge in [-0.2, -0.15) is 9.57 Å². The number of aromatic nitrogens is 1. The average Bonchev–Trinajstić information content (AvgIpc) is 3.73. The first-order valence-electron chi connectivity index (χ1n) is 15.5. The van der Waals surface area contributed by atoms with Crippen molar-refractivity contribution in [3.63, 3.8) is 0 Å². The maximum atomic E-state index is 14.1. The highest BCUT2D eigenvalue weighted by Crippen LogP contribution is 2.32. The fourth-order valence-electron chi connectivity index (χ4n) is 5.97. The van der Waals surface area contributed by atoms with E-state index in [9.17, 15) is 32.5 Å². The number of ether oxygens (including phenoxy) is 1. The number of pyridine rings is 1. The van der Waals surface area contributed by atoms with Crippen LogP contribution in [-0.2, 0) is 30.8 Å². The normalized spacial score (nSPS) is 20.3. The summed E-state index contributed by atoms with van der Waals surface area (Å²) in [7, 11) is -4.28. The first kappa shape index (κ1) is 36.2. The third-order valence-corrected chi connectivity index (χ3v) is 10.8. The molecule has 2 fully saturated rings. The Kier molecular flexibility index (Phi) is 11.5. The highest BCUT2D eigenvalue weighted by Gasteiger charge is 2.47. The van der Waals surface area contributed by atoms with Crippen LogP contribution in [0.4, 0.5) is 10.1 Å². The Hall–Kier alpha value is -4.13. The Bertz CT molecular complexity index is 1860. The second-order valence-electron chi connectivity index (χ2n) is 11.6. The number of nitrogens with one attached hydrogen (secondary N) is 2. The number of nitriles is 1. The van der Waals surface area contributed by atoms with Crippen molar-refractivity contribution in [2.75, 3.05) is 31.6 Å². The minimum atomic E-state index is -4.28. The van der Waals surface area contributed by atoms with Gasteiger partial charge in [-0.25, -0.2) is 17.6 Å². The summed E-state index contributed by atoms with van der Waals surface area (Å²) in [5, 5.41) is 14.9. The molecule has 0 spiro atoms. The number of rotatable bonds is 11. The van der Waals surface area contributed by atoms with Crippen molar-refractivity contribution in [1.82, 2.24) is 19.5 Å². The summed E-state index contributed by atoms with van der Waals surface area (Å²) in [6, 6.07) is 11.1. The smallest absolute Gasteiger partial charge is 0.328 e. The van der Waals surface area contributed by atoms with E-state index in [2.05, 4.69) is 15.6 Å². The average molecular weight is 732 g/mol. The van der Waals surface area contributed by atoms with Gasteiger partial charge in [-0.3, -0.25) is 19.5 Å². The van der Waals surface area contributed by atoms with Crippen molar-refractivity contribution in [3.05, 3.63) is 87.7 Å². The topological polar surface area (TPSA) is 162 Å². The van der Waals surface area contributed by atoms with Gasteiger partial charge in [-0.1, -0.05) is 41.4 Å². The minimum Gasteiger partial charge on any atom is -0.464 e. The number of halogens is 3. The molecule has 258 valence electrons. The first-order valence-corrected chi connectivity index (χ1v) is 17.7. The maximum absolute atomic E-state index is 14.1. The van der Waals surface area contributed by atoms with E-state index >= 15 is 0 Å². The van der Waals surface area contributed by atoms with Crippen LogP contribution in [0.2, 0.25) is 10.0 Å². The van der Waals surface area contributed by atoms with Crippen molar-refractivity contribution >= 4 is 56.7 Å². The van der Waals surface area contributed by atoms with Crippen molar-refractivity contribution in [2.45, 2.75) is 55.4 Å². The fraction of sp³-hybridized carbons (Fsp3) is 0.364. The third-order valence-electron chi connectivity index (χ3n) is 8.40. The predicted molar refractivity (Wildman–Crippen MR) is 179 cm³/mol. The zero-order valence-electron chi connectivity index (χ0n) is 26.3. The number of benzene rings is 2. The van der Waals surface area contributed by atoms with E-state index < -0.39 is 52.1 Å². The molecule has 3 aromatic rings. The van der Waals surface area contributed by atoms with Gasteiger partial charge in [0.2, 0.25) is 15.9 Å². The molecule has 3 heterocycles. The maximum Gasteiger partial charge on any atom is 0.328 e. The number of carbonyl (C=O) groups is 3. The second kappa shape index (κ2) is 15.6. The van der Waals surface area contributed by atoms with Crippen LogP contribution < -0.4 is 10.6 Å². The van der Waals surface area contributed by atoms with Gasteiger partial charge in [0.25, 0.3) is 5.91 Å². The monoisotopic (exact) mass is 730 g/mol. The Morgan fingerprint density at radius 3 is 2.47 bits per heavy atom. The number of anilines is 1. The van der Waals surface area contributed by atoms with E-state index in [0.29, 0.717) is 24.2 Å². The van der Waals surface area contributed by atoms with E-state index in [0.717, 1.165) is 4.31 Å². The van der Waals surface area contributed by atoms with Gasteiger partial charge >= 0.3 is 5.97 Å². The van der Waals surface area contributed by atoms with Gasteiger partial charge in [0.05, 0.1) is 38.7 Å². The van der Waals surface area contributed by atoms with Gasteiger partial charge in [-0.15, -0.1) is 0 Å². The molecule has 16 heteroatoms. The second-order valence-corrected chi connectivity index (χ2v) is 14.4. The molecule has 0 bridgehead atoms. The van der Waals surface area contributed by atoms with Crippen molar-refractivity contribution in [1.29, 1.82) is 5.26 Å². The predicted octanol–water partition coefficient (Wildman–Crippen LogP) is 3.98. The lowest BCUT2D eigenvalue weighted by Gasteiger charge is -2.25. The molecule has 5 rings (SSSR count). The summed E-state index contributed by atoms with van der Waals surface area (Å²) < 4.78 is 48.2. The van der Waals surface area contributed by atoms with Crippen LogP contribution in [0, 0.1) is 11.3 Å². The summed E-state index contributed by atoms with van der Waals surface area (Å²) in [6.45, 7) is 2.13. The number of hydrogen-bond acceptors (Lipinski definition) is 9. The van der Waals surface area contributed by atoms with Crippen LogP contribution in [0.25, 0.3) is 0 Å². The number of esters is 1. The van der Waals surface area contributed by atoms with Crippen LogP contribution in [0.3, 0.4) is 0 Å². The van der Waals surface area contributed by atoms with Gasteiger partial charge < -0.3 is 15.4 Å². The molecule has 4 atom stereocenters. The number of alkyl halides is 1. The highest BCUT2D eigenvalue weighted by atomic mass is 35.5. The van der Waals surface area contributed by atoms with Crippen molar-refractivity contribution in [3.8, 4) is 6.07 Å². The van der Waals surface area contributed by atoms with Crippen molar-refractivity contribution < 1.29 is 31.9 Å². The molecule has 2 N–H and O–H groups in total. The Morgan fingerprint density at radius 2 is 1.84 bits per heavy atom. The van der Waals surface area contributed by atoms with E-state index in [-0.39, 0.29) is 58.6 Å². The summed E-state index contributed by atoms with van der Waals surface area (Å²) in [6.07, 6.45) is 1.92. The molecule has 2 aliphatic rings. The number of hydrogen-bond donors (Lipinski definition) is 2. The molecule has 1 aromatic heterocycles. The van der Waals surface area contributed by atoms with Crippen LogP contribution in [0.1, 0.15) is 41.3 Å². The van der Waals surface area contributed by atoms with Gasteiger partial charge in [0, 0.05) is 50.2 Å². The Balaban J connectivity index is 1.35. The van der Waals surface area contributed by atoms with E-state index in [1.165, 1.54) is 36.7 Å². The van der Waals surface area contributed by atoms with Gasteiger partial charge in [0.1, 0.15) is 18.3 Å². The lowest BCUT2D eigenvalue weighted by Crippen LogP contribution is -2.51. The Labute approximate surface area is 293 Å².